The Bertz CT molecular complexity index is 1440. The van der Waals surface area contributed by atoms with Crippen LogP contribution in [0, 0.1) is 5.82 Å². The molecule has 1 aliphatic rings. The van der Waals surface area contributed by atoms with Gasteiger partial charge in [0, 0.05) is 35.3 Å². The van der Waals surface area contributed by atoms with Crippen LogP contribution in [-0.4, -0.2) is 26.8 Å². The molecule has 1 fully saturated rings. The molecule has 0 spiro atoms. The van der Waals surface area contributed by atoms with Gasteiger partial charge in [-0.1, -0.05) is 31.2 Å². The van der Waals surface area contributed by atoms with Crippen molar-refractivity contribution < 1.29 is 19.1 Å². The van der Waals surface area contributed by atoms with Crippen LogP contribution in [0.3, 0.4) is 0 Å². The zero-order chi connectivity index (χ0) is 25.9. The van der Waals surface area contributed by atoms with Gasteiger partial charge < -0.3 is 15.7 Å². The van der Waals surface area contributed by atoms with Gasteiger partial charge in [-0.2, -0.15) is 9.78 Å². The van der Waals surface area contributed by atoms with Crippen LogP contribution in [0.1, 0.15) is 52.9 Å². The number of anilines is 1. The third-order valence-electron chi connectivity index (χ3n) is 6.44. The van der Waals surface area contributed by atoms with Crippen LogP contribution in [0.25, 0.3) is 11.3 Å². The summed E-state index contributed by atoms with van der Waals surface area (Å²) < 4.78 is 14.5. The highest BCUT2D eigenvalue weighted by Crippen LogP contribution is 2.42. The van der Waals surface area contributed by atoms with E-state index in [1.54, 1.807) is 36.4 Å². The smallest absolute Gasteiger partial charge is 0.342 e. The largest absolute Gasteiger partial charge is 0.507 e. The van der Waals surface area contributed by atoms with E-state index in [0.717, 1.165) is 36.1 Å². The summed E-state index contributed by atoms with van der Waals surface area (Å²) in [5.74, 6) is -0.428. The van der Waals surface area contributed by atoms with Crippen molar-refractivity contribution in [1.82, 2.24) is 15.1 Å². The summed E-state index contributed by atoms with van der Waals surface area (Å²) in [7, 11) is 0. The van der Waals surface area contributed by atoms with E-state index in [-0.39, 0.29) is 29.9 Å². The fraction of sp³-hybridized carbons (Fsp3) is 0.207. The molecule has 2 amide bonds. The summed E-state index contributed by atoms with van der Waals surface area (Å²) in [6, 6.07) is 19.6. The van der Waals surface area contributed by atoms with Gasteiger partial charge in [0.25, 0.3) is 5.91 Å². The lowest BCUT2D eigenvalue weighted by Gasteiger charge is -2.09. The monoisotopic (exact) mass is 498 g/mol. The highest BCUT2D eigenvalue weighted by atomic mass is 19.1. The second-order valence-corrected chi connectivity index (χ2v) is 9.16. The molecule has 1 saturated carbocycles. The van der Waals surface area contributed by atoms with E-state index in [9.17, 15) is 19.1 Å². The first-order valence-corrected chi connectivity index (χ1v) is 12.3. The van der Waals surface area contributed by atoms with Gasteiger partial charge in [0.05, 0.1) is 11.4 Å². The number of phenols is 1. The predicted octanol–water partition coefficient (Wildman–Crippen LogP) is 5.84. The van der Waals surface area contributed by atoms with Crippen molar-refractivity contribution in [3.05, 3.63) is 101 Å². The molecule has 0 atom stereocenters. The van der Waals surface area contributed by atoms with Crippen molar-refractivity contribution in [1.29, 1.82) is 0 Å². The van der Waals surface area contributed by atoms with E-state index >= 15 is 0 Å². The molecule has 188 valence electrons. The molecule has 7 nitrogen and oxygen atoms in total. The Kier molecular flexibility index (Phi) is 6.72. The van der Waals surface area contributed by atoms with Crippen LogP contribution >= 0.6 is 0 Å². The number of carbonyl (C=O) groups excluding carboxylic acids is 2. The standard InChI is InChI=1S/C29H27FN4O3/c1-2-18-3-7-21(8-4-18)28(36)32-23-13-14-24(27(35)15-23)25-16-26(20-9-10-20)34(33-25)29(37)31-17-19-5-11-22(30)12-6-19/h3-8,11-16,20,35H,2,9-10,17H2,1H3,(H,31,37)(H,32,36). The van der Waals surface area contributed by atoms with E-state index in [1.807, 2.05) is 18.2 Å². The van der Waals surface area contributed by atoms with Crippen LogP contribution in [0.15, 0.2) is 72.8 Å². The third-order valence-corrected chi connectivity index (χ3v) is 6.44. The Morgan fingerprint density at radius 2 is 1.70 bits per heavy atom. The zero-order valence-corrected chi connectivity index (χ0v) is 20.4. The third kappa shape index (κ3) is 5.53. The lowest BCUT2D eigenvalue weighted by Crippen LogP contribution is -2.30. The molecule has 1 aliphatic carbocycles. The molecule has 37 heavy (non-hydrogen) atoms. The number of amides is 2. The maximum atomic E-state index is 13.1. The average Bonchev–Trinajstić information content (AvgIpc) is 3.66. The van der Waals surface area contributed by atoms with Crippen molar-refractivity contribution >= 4 is 17.6 Å². The van der Waals surface area contributed by atoms with Crippen molar-refractivity contribution in [2.24, 2.45) is 0 Å². The Hall–Kier alpha value is -4.46. The quantitative estimate of drug-likeness (QED) is 0.298. The van der Waals surface area contributed by atoms with Crippen molar-refractivity contribution in [2.45, 2.75) is 38.6 Å². The number of aromatic hydroxyl groups is 1. The molecular weight excluding hydrogens is 471 g/mol. The van der Waals surface area contributed by atoms with Crippen LogP contribution < -0.4 is 10.6 Å². The number of hydrogen-bond donors (Lipinski definition) is 3. The van der Waals surface area contributed by atoms with Crippen LogP contribution in [0.2, 0.25) is 0 Å². The molecule has 1 aromatic heterocycles. The molecule has 3 N–H and O–H groups in total. The van der Waals surface area contributed by atoms with Crippen LogP contribution in [0.5, 0.6) is 5.75 Å². The molecule has 0 saturated heterocycles. The zero-order valence-electron chi connectivity index (χ0n) is 20.4. The number of nitrogens with one attached hydrogen (secondary N) is 2. The number of hydrogen-bond acceptors (Lipinski definition) is 4. The Labute approximate surface area is 214 Å². The molecular formula is C29H27FN4O3. The topological polar surface area (TPSA) is 96.3 Å². The molecule has 0 aliphatic heterocycles. The van der Waals surface area contributed by atoms with Gasteiger partial charge in [-0.05, 0) is 72.9 Å². The van der Waals surface area contributed by atoms with Crippen LogP contribution in [0.4, 0.5) is 14.9 Å². The number of aryl methyl sites for hydroxylation is 1. The summed E-state index contributed by atoms with van der Waals surface area (Å²) in [5.41, 5.74) is 4.59. The van der Waals surface area contributed by atoms with Gasteiger partial charge in [0.1, 0.15) is 11.6 Å². The maximum absolute atomic E-state index is 13.1. The molecule has 8 heteroatoms. The average molecular weight is 499 g/mol. The Balaban J connectivity index is 1.32. The number of phenolic OH excluding ortho intramolecular Hbond substituents is 1. The van der Waals surface area contributed by atoms with Gasteiger partial charge in [0.15, 0.2) is 0 Å². The molecule has 3 aromatic carbocycles. The van der Waals surface area contributed by atoms with Crippen molar-refractivity contribution in [3.8, 4) is 17.0 Å². The summed E-state index contributed by atoms with van der Waals surface area (Å²) in [4.78, 5) is 25.5. The summed E-state index contributed by atoms with van der Waals surface area (Å²) >= 11 is 0. The fourth-order valence-corrected chi connectivity index (χ4v) is 4.14. The van der Waals surface area contributed by atoms with Crippen molar-refractivity contribution in [3.63, 3.8) is 0 Å². The summed E-state index contributed by atoms with van der Waals surface area (Å²) in [5, 5.41) is 20.8. The first-order valence-electron chi connectivity index (χ1n) is 12.3. The van der Waals surface area contributed by atoms with Gasteiger partial charge in [-0.25, -0.2) is 9.18 Å². The van der Waals surface area contributed by atoms with Crippen LogP contribution in [-0.2, 0) is 13.0 Å². The highest BCUT2D eigenvalue weighted by Gasteiger charge is 2.30. The first kappa shape index (κ1) is 24.2. The Morgan fingerprint density at radius 3 is 2.35 bits per heavy atom. The SMILES string of the molecule is CCc1ccc(C(=O)Nc2ccc(-c3cc(C4CC4)n(C(=O)NCc4ccc(F)cc4)n3)c(O)c2)cc1. The minimum absolute atomic E-state index is 0.0575. The predicted molar refractivity (Wildman–Crippen MR) is 139 cm³/mol. The van der Waals surface area contributed by atoms with E-state index in [2.05, 4.69) is 22.7 Å². The fourth-order valence-electron chi connectivity index (χ4n) is 4.14. The number of carbonyl (C=O) groups is 2. The van der Waals surface area contributed by atoms with E-state index in [0.29, 0.717) is 22.5 Å². The Morgan fingerprint density at radius 1 is 1.00 bits per heavy atom. The van der Waals surface area contributed by atoms with Gasteiger partial charge in [0.2, 0.25) is 0 Å². The molecule has 1 heterocycles. The normalized spacial score (nSPS) is 12.8. The summed E-state index contributed by atoms with van der Waals surface area (Å²) in [6.45, 7) is 2.29. The lowest BCUT2D eigenvalue weighted by atomic mass is 10.1. The van der Waals surface area contributed by atoms with Gasteiger partial charge >= 0.3 is 6.03 Å². The number of aromatic nitrogens is 2. The molecule has 0 bridgehead atoms. The molecule has 0 unspecified atom stereocenters. The minimum Gasteiger partial charge on any atom is -0.507 e. The highest BCUT2D eigenvalue weighted by molar-refractivity contribution is 6.04. The maximum Gasteiger partial charge on any atom is 0.342 e. The second-order valence-electron chi connectivity index (χ2n) is 9.16. The number of rotatable bonds is 7. The van der Waals surface area contributed by atoms with Gasteiger partial charge in [-0.3, -0.25) is 4.79 Å². The van der Waals surface area contributed by atoms with E-state index in [4.69, 9.17) is 0 Å². The second kappa shape index (κ2) is 10.3. The van der Waals surface area contributed by atoms with E-state index < -0.39 is 6.03 Å². The molecule has 0 radical (unpaired) electrons. The molecule has 4 aromatic rings. The lowest BCUT2D eigenvalue weighted by molar-refractivity contribution is 0.102. The van der Waals surface area contributed by atoms with Gasteiger partial charge in [-0.15, -0.1) is 0 Å². The molecule has 5 rings (SSSR count). The first-order chi connectivity index (χ1) is 17.9. The summed E-state index contributed by atoms with van der Waals surface area (Å²) in [6.07, 6.45) is 2.82. The van der Waals surface area contributed by atoms with E-state index in [1.165, 1.54) is 22.9 Å². The number of halogens is 1. The number of nitrogens with zero attached hydrogens (tertiary/aromatic N) is 2. The number of benzene rings is 3. The van der Waals surface area contributed by atoms with Crippen molar-refractivity contribution in [2.75, 3.05) is 5.32 Å². The minimum atomic E-state index is -0.394.